The van der Waals surface area contributed by atoms with Gasteiger partial charge in [0, 0.05) is 11.2 Å². The summed E-state index contributed by atoms with van der Waals surface area (Å²) in [5.41, 5.74) is 2.26. The molecule has 0 aliphatic heterocycles. The van der Waals surface area contributed by atoms with Crippen LogP contribution in [0.5, 0.6) is 0 Å². The van der Waals surface area contributed by atoms with E-state index in [1.54, 1.807) is 0 Å². The van der Waals surface area contributed by atoms with E-state index < -0.39 is 8.80 Å². The Morgan fingerprint density at radius 1 is 1.31 bits per heavy atom. The van der Waals surface area contributed by atoms with Crippen molar-refractivity contribution in [3.05, 3.63) is 12.2 Å². The molecular weight excluding hydrogens is 210 g/mol. The lowest BCUT2D eigenvalue weighted by Crippen LogP contribution is -2.53. The summed E-state index contributed by atoms with van der Waals surface area (Å²) in [6, 6.07) is 0. The fourth-order valence-corrected chi connectivity index (χ4v) is 4.87. The quantitative estimate of drug-likeness (QED) is 0.504. The number of hydrogen-bond donors (Lipinski definition) is 0. The molecule has 0 amide bonds. The molecule has 0 aromatic heterocycles. The first-order valence-corrected chi connectivity index (χ1v) is 9.61. The molecule has 0 aromatic rings. The highest BCUT2D eigenvalue weighted by Gasteiger charge is 2.30. The van der Waals surface area contributed by atoms with Gasteiger partial charge in [-0.15, -0.1) is 0 Å². The van der Waals surface area contributed by atoms with Gasteiger partial charge >= 0.3 is 0 Å². The van der Waals surface area contributed by atoms with Crippen molar-refractivity contribution >= 4 is 8.80 Å². The molecule has 0 heterocycles. The Balaban J connectivity index is 4.90. The predicted molar refractivity (Wildman–Crippen MR) is 78.8 cm³/mol. The third-order valence-corrected chi connectivity index (χ3v) is 5.28. The number of unbranched alkanes of at least 4 members (excludes halogenated alkanes) is 1. The van der Waals surface area contributed by atoms with Crippen LogP contribution in [0, 0.1) is 0 Å². The van der Waals surface area contributed by atoms with Crippen LogP contribution in [-0.4, -0.2) is 31.4 Å². The first-order valence-electron chi connectivity index (χ1n) is 6.64. The largest absolute Gasteiger partial charge is 0.295 e. The summed E-state index contributed by atoms with van der Waals surface area (Å²) in [6.07, 6.45) is 2.57. The Morgan fingerprint density at radius 2 is 1.81 bits per heavy atom. The van der Waals surface area contributed by atoms with Gasteiger partial charge < -0.3 is 0 Å². The molecule has 0 radical (unpaired) electrons. The van der Waals surface area contributed by atoms with Crippen molar-refractivity contribution in [2.45, 2.75) is 71.8 Å². The molecule has 0 rings (SSSR count). The fraction of sp³-hybridized carbons (Fsp3) is 0.857. The second-order valence-corrected chi connectivity index (χ2v) is 9.37. The number of hydrogen-bond acceptors (Lipinski definition) is 1. The number of nitrogens with zero attached hydrogens (tertiary/aromatic N) is 1. The summed E-state index contributed by atoms with van der Waals surface area (Å²) in [7, 11) is -0.717. The molecule has 0 aliphatic rings. The minimum atomic E-state index is -0.717. The van der Waals surface area contributed by atoms with Gasteiger partial charge in [-0.2, -0.15) is 0 Å². The Labute approximate surface area is 105 Å². The van der Waals surface area contributed by atoms with Crippen LogP contribution in [0.15, 0.2) is 12.2 Å². The molecular formula is C14H31NSi. The standard InChI is InChI=1S/C14H31NSi/c1-9-10-11-15(14(4,5)6)13(12(2)3)16(7)8/h13,16H,2,9-11H2,1,3-8H3. The Bertz CT molecular complexity index is 215. The Kier molecular flexibility index (Phi) is 6.57. The van der Waals surface area contributed by atoms with Crippen molar-refractivity contribution in [1.82, 2.24) is 4.90 Å². The molecule has 1 atom stereocenters. The lowest BCUT2D eigenvalue weighted by molar-refractivity contribution is 0.128. The van der Waals surface area contributed by atoms with Crippen molar-refractivity contribution in [3.8, 4) is 0 Å². The van der Waals surface area contributed by atoms with Gasteiger partial charge in [0.05, 0.1) is 8.80 Å². The van der Waals surface area contributed by atoms with Gasteiger partial charge in [-0.3, -0.25) is 4.90 Å². The van der Waals surface area contributed by atoms with Crippen LogP contribution in [0.1, 0.15) is 47.5 Å². The molecule has 0 bridgehead atoms. The molecule has 0 saturated heterocycles. The van der Waals surface area contributed by atoms with Gasteiger partial charge in [0.25, 0.3) is 0 Å². The van der Waals surface area contributed by atoms with Crippen LogP contribution >= 0.6 is 0 Å². The van der Waals surface area contributed by atoms with Gasteiger partial charge in [-0.25, -0.2) is 0 Å². The summed E-state index contributed by atoms with van der Waals surface area (Å²) in [6.45, 7) is 21.7. The first kappa shape index (κ1) is 15.9. The smallest absolute Gasteiger partial charge is 0.0560 e. The zero-order valence-corrected chi connectivity index (χ0v) is 13.6. The van der Waals surface area contributed by atoms with Crippen molar-refractivity contribution < 1.29 is 0 Å². The summed E-state index contributed by atoms with van der Waals surface area (Å²) in [5, 5.41) is 0. The molecule has 0 spiro atoms. The molecule has 0 N–H and O–H groups in total. The van der Waals surface area contributed by atoms with E-state index in [0.717, 1.165) is 0 Å². The van der Waals surface area contributed by atoms with E-state index in [2.05, 4.69) is 59.2 Å². The van der Waals surface area contributed by atoms with Gasteiger partial charge in [-0.1, -0.05) is 38.6 Å². The van der Waals surface area contributed by atoms with E-state index in [4.69, 9.17) is 0 Å². The molecule has 1 unspecified atom stereocenters. The van der Waals surface area contributed by atoms with E-state index in [9.17, 15) is 0 Å². The van der Waals surface area contributed by atoms with Crippen LogP contribution in [0.4, 0.5) is 0 Å². The van der Waals surface area contributed by atoms with Crippen molar-refractivity contribution in [3.63, 3.8) is 0 Å². The predicted octanol–water partition coefficient (Wildman–Crippen LogP) is 3.86. The summed E-state index contributed by atoms with van der Waals surface area (Å²) in [4.78, 5) is 2.68. The maximum absolute atomic E-state index is 4.21. The summed E-state index contributed by atoms with van der Waals surface area (Å²) < 4.78 is 0. The highest BCUT2D eigenvalue weighted by molar-refractivity contribution is 6.58. The van der Waals surface area contributed by atoms with E-state index in [-0.39, 0.29) is 5.54 Å². The van der Waals surface area contributed by atoms with Crippen LogP contribution < -0.4 is 0 Å². The highest BCUT2D eigenvalue weighted by Crippen LogP contribution is 2.23. The lowest BCUT2D eigenvalue weighted by Gasteiger charge is -2.44. The number of rotatable bonds is 6. The molecule has 0 aromatic carbocycles. The van der Waals surface area contributed by atoms with Crippen LogP contribution in [0.2, 0.25) is 13.1 Å². The third kappa shape index (κ3) is 4.83. The average molecular weight is 241 g/mol. The van der Waals surface area contributed by atoms with Crippen molar-refractivity contribution in [2.24, 2.45) is 0 Å². The van der Waals surface area contributed by atoms with E-state index >= 15 is 0 Å². The highest BCUT2D eigenvalue weighted by atomic mass is 28.3. The molecule has 2 heteroatoms. The van der Waals surface area contributed by atoms with Gasteiger partial charge in [0.1, 0.15) is 0 Å². The monoisotopic (exact) mass is 241 g/mol. The van der Waals surface area contributed by atoms with E-state index in [1.807, 2.05) is 0 Å². The maximum Gasteiger partial charge on any atom is 0.0560 e. The van der Waals surface area contributed by atoms with Crippen LogP contribution in [0.3, 0.4) is 0 Å². The fourth-order valence-electron chi connectivity index (χ4n) is 2.42. The Morgan fingerprint density at radius 3 is 2.06 bits per heavy atom. The normalized spacial score (nSPS) is 14.6. The lowest BCUT2D eigenvalue weighted by atomic mass is 10.0. The minimum absolute atomic E-state index is 0.260. The van der Waals surface area contributed by atoms with Gasteiger partial charge in [0.2, 0.25) is 0 Å². The Hall–Kier alpha value is -0.0831. The van der Waals surface area contributed by atoms with Gasteiger partial charge in [0.15, 0.2) is 0 Å². The molecule has 96 valence electrons. The average Bonchev–Trinajstić information content (AvgIpc) is 2.08. The summed E-state index contributed by atoms with van der Waals surface area (Å²) in [5.74, 6) is 0. The summed E-state index contributed by atoms with van der Waals surface area (Å²) >= 11 is 0. The molecule has 1 nitrogen and oxygen atoms in total. The van der Waals surface area contributed by atoms with Crippen LogP contribution in [-0.2, 0) is 0 Å². The molecule has 0 aliphatic carbocycles. The zero-order chi connectivity index (χ0) is 12.9. The van der Waals surface area contributed by atoms with Crippen molar-refractivity contribution in [2.75, 3.05) is 6.54 Å². The van der Waals surface area contributed by atoms with Crippen molar-refractivity contribution in [1.29, 1.82) is 0 Å². The topological polar surface area (TPSA) is 3.24 Å². The van der Waals surface area contributed by atoms with Crippen LogP contribution in [0.25, 0.3) is 0 Å². The minimum Gasteiger partial charge on any atom is -0.295 e. The SMILES string of the molecule is C=C(C)C(N(CCCC)C(C)(C)C)[SiH](C)C. The first-order chi connectivity index (χ1) is 7.21. The second kappa shape index (κ2) is 6.60. The molecule has 16 heavy (non-hydrogen) atoms. The maximum atomic E-state index is 4.21. The second-order valence-electron chi connectivity index (χ2n) is 6.25. The van der Waals surface area contributed by atoms with Gasteiger partial charge in [-0.05, 0) is 40.7 Å². The molecule has 0 fully saturated rings. The molecule has 0 saturated carbocycles. The zero-order valence-electron chi connectivity index (χ0n) is 12.4. The van der Waals surface area contributed by atoms with E-state index in [1.165, 1.54) is 25.0 Å². The van der Waals surface area contributed by atoms with E-state index in [0.29, 0.717) is 5.67 Å². The third-order valence-electron chi connectivity index (χ3n) is 3.09.